The van der Waals surface area contributed by atoms with E-state index in [1.54, 1.807) is 0 Å². The molecule has 0 bridgehead atoms. The second-order valence-corrected chi connectivity index (χ2v) is 19.6. The van der Waals surface area contributed by atoms with E-state index in [-0.39, 0.29) is 0 Å². The Hall–Kier alpha value is -3.06. The lowest BCUT2D eigenvalue weighted by atomic mass is 9.96. The number of hydrogen-bond donors (Lipinski definition) is 25. The van der Waals surface area contributed by atoms with Crippen molar-refractivity contribution in [2.75, 3.05) is 39.6 Å². The molecule has 0 radical (unpaired) electrons. The molecular formula is C45H76O37. The molecule has 5 fully saturated rings. The Bertz CT molecular complexity index is 2030. The van der Waals surface area contributed by atoms with Gasteiger partial charge in [-0.3, -0.25) is 0 Å². The Morgan fingerprint density at radius 2 is 0.939 bits per heavy atom. The molecule has 5 aliphatic rings. The number of aliphatic hydroxyl groups is 25. The maximum Gasteiger partial charge on any atom is 0.217 e. The van der Waals surface area contributed by atoms with Gasteiger partial charge in [-0.1, -0.05) is 0 Å². The van der Waals surface area contributed by atoms with E-state index in [1.807, 2.05) is 0 Å². The molecule has 5 aliphatic heterocycles. The molecule has 5 rings (SSSR count). The smallest absolute Gasteiger partial charge is 0.217 e. The van der Waals surface area contributed by atoms with Crippen molar-refractivity contribution in [1.82, 2.24) is 0 Å². The molecule has 0 saturated carbocycles. The van der Waals surface area contributed by atoms with E-state index in [0.717, 1.165) is 13.0 Å². The van der Waals surface area contributed by atoms with Crippen LogP contribution in [0.2, 0.25) is 0 Å². The molecule has 0 aromatic heterocycles. The number of hydrogen-bond acceptors (Lipinski definition) is 37. The van der Waals surface area contributed by atoms with E-state index >= 15 is 0 Å². The summed E-state index contributed by atoms with van der Waals surface area (Å²) in [5.74, 6) is -6.18. The predicted molar refractivity (Wildman–Crippen MR) is 251 cm³/mol. The summed E-state index contributed by atoms with van der Waals surface area (Å²) >= 11 is 0. The van der Waals surface area contributed by atoms with Crippen LogP contribution in [-0.2, 0) is 56.8 Å². The Morgan fingerprint density at radius 1 is 0.476 bits per heavy atom. The average Bonchev–Trinajstić information content (AvgIpc) is 3.50. The summed E-state index contributed by atoms with van der Waals surface area (Å²) in [6.07, 6.45) is -62.5. The monoisotopic (exact) mass is 1210 g/mol. The van der Waals surface area contributed by atoms with Gasteiger partial charge in [0.2, 0.25) is 18.9 Å². The molecule has 0 amide bonds. The first-order chi connectivity index (χ1) is 38.4. The lowest BCUT2D eigenvalue weighted by Gasteiger charge is -2.49. The van der Waals surface area contributed by atoms with Crippen molar-refractivity contribution >= 4 is 0 Å². The lowest BCUT2D eigenvalue weighted by molar-refractivity contribution is -0.389. The van der Waals surface area contributed by atoms with Gasteiger partial charge in [-0.05, 0) is 19.9 Å². The Kier molecular flexibility index (Phi) is 26.4. The van der Waals surface area contributed by atoms with Gasteiger partial charge in [0.1, 0.15) is 134 Å². The van der Waals surface area contributed by atoms with Crippen LogP contribution >= 0.6 is 0 Å². The molecule has 29 atom stereocenters. The summed E-state index contributed by atoms with van der Waals surface area (Å²) in [5, 5.41) is 261. The standard InChI is InChI=1S/C45H76O37/c1-11(48)5-13(50)39(69)71-9-18-35(27(59)33(65)41(78-18)75-15(3-4-46)22(54)29(61)38(67)68)81-44-34(66)28(60)36(80-43-32(64)26(58)24(56)17(77-43)8-72-40(70)30(62)20(52)12(2)49)19(79-44)10-74-45-37(21(53)14(51)7-73-45)82-42-31(63)25(57)23(55)16(6-47)76-42/h5,11-12,14-19,21,23-28,31-70H,3-4,6-10H2,1-2H3/b13-5-,29-22+,30-20+. The van der Waals surface area contributed by atoms with Crippen molar-refractivity contribution in [3.63, 3.8) is 0 Å². The number of aliphatic hydroxyl groups excluding tert-OH is 24. The minimum absolute atomic E-state index is 0.653. The molecular weight excluding hydrogens is 1130 g/mol. The van der Waals surface area contributed by atoms with Gasteiger partial charge in [0, 0.05) is 13.0 Å². The van der Waals surface area contributed by atoms with Gasteiger partial charge >= 0.3 is 0 Å². The van der Waals surface area contributed by atoms with Crippen LogP contribution in [0.4, 0.5) is 0 Å². The van der Waals surface area contributed by atoms with Crippen LogP contribution in [0.1, 0.15) is 20.3 Å². The highest BCUT2D eigenvalue weighted by Crippen LogP contribution is 2.36. The van der Waals surface area contributed by atoms with Gasteiger partial charge in [0.25, 0.3) is 0 Å². The zero-order chi connectivity index (χ0) is 61.3. The number of ether oxygens (including phenoxy) is 12. The fraction of sp³-hybridized carbons (Fsp3) is 0.867. The zero-order valence-corrected chi connectivity index (χ0v) is 43.4. The van der Waals surface area contributed by atoms with Crippen molar-refractivity contribution in [2.45, 2.75) is 205 Å². The fourth-order valence-electron chi connectivity index (χ4n) is 8.75. The minimum atomic E-state index is -2.69. The third-order valence-corrected chi connectivity index (χ3v) is 13.4. The Morgan fingerprint density at radius 3 is 1.46 bits per heavy atom. The summed E-state index contributed by atoms with van der Waals surface area (Å²) in [7, 11) is 0. The van der Waals surface area contributed by atoms with E-state index in [0.29, 0.717) is 0 Å². The topological polar surface area (TPSA) is 617 Å². The molecule has 29 unspecified atom stereocenters. The summed E-state index contributed by atoms with van der Waals surface area (Å²) in [6, 6.07) is 0. The highest BCUT2D eigenvalue weighted by Gasteiger charge is 2.56. The molecule has 37 heteroatoms. The van der Waals surface area contributed by atoms with Crippen LogP contribution < -0.4 is 0 Å². The molecule has 25 N–H and O–H groups in total. The van der Waals surface area contributed by atoms with Gasteiger partial charge in [0.05, 0.1) is 39.1 Å². The molecule has 5 heterocycles. The molecule has 0 aromatic carbocycles. The molecule has 0 aromatic rings. The normalized spacial score (nSPS) is 42.2. The fourth-order valence-corrected chi connectivity index (χ4v) is 8.75. The molecule has 0 spiro atoms. The second-order valence-electron chi connectivity index (χ2n) is 19.6. The van der Waals surface area contributed by atoms with Crippen LogP contribution in [0.3, 0.4) is 0 Å². The highest BCUT2D eigenvalue weighted by molar-refractivity contribution is 5.08. The Balaban J connectivity index is 1.49. The SMILES string of the molecule is CC(O)/C=C(\O)C(O)OCC1OC(OC(CCO)/C(O)=C(\O)C(O)O)C(O)C(O)C1OC1OC(COC2OCC(O)C(O)C2OC2OC(CO)C(O)C(O)C2O)C(OC2OC(COC(O)/C(O)=C(\O)C(C)O)C(O)C(O)C2O)C(O)C1O. The minimum Gasteiger partial charge on any atom is -0.507 e. The first-order valence-electron chi connectivity index (χ1n) is 25.3. The van der Waals surface area contributed by atoms with Gasteiger partial charge in [-0.2, -0.15) is 0 Å². The molecule has 37 nitrogen and oxygen atoms in total. The van der Waals surface area contributed by atoms with E-state index < -0.39 is 259 Å². The van der Waals surface area contributed by atoms with Crippen molar-refractivity contribution in [1.29, 1.82) is 0 Å². The van der Waals surface area contributed by atoms with E-state index in [2.05, 4.69) is 0 Å². The zero-order valence-electron chi connectivity index (χ0n) is 43.4. The highest BCUT2D eigenvalue weighted by atomic mass is 16.8. The van der Waals surface area contributed by atoms with E-state index in [9.17, 15) is 128 Å². The first kappa shape index (κ1) is 69.7. The molecule has 5 saturated heterocycles. The summed E-state index contributed by atoms with van der Waals surface area (Å²) in [6.45, 7) is -3.40. The lowest BCUT2D eigenvalue weighted by Crippen LogP contribution is -2.67. The molecule has 0 aliphatic carbocycles. The van der Waals surface area contributed by atoms with Gasteiger partial charge < -0.3 is 185 Å². The third kappa shape index (κ3) is 16.9. The predicted octanol–water partition coefficient (Wildman–Crippen LogP) is -11.7. The van der Waals surface area contributed by atoms with Crippen molar-refractivity contribution < 1.29 is 185 Å². The van der Waals surface area contributed by atoms with Gasteiger partial charge in [-0.25, -0.2) is 0 Å². The van der Waals surface area contributed by atoms with Crippen molar-refractivity contribution in [3.8, 4) is 0 Å². The van der Waals surface area contributed by atoms with E-state index in [4.69, 9.17) is 56.8 Å². The van der Waals surface area contributed by atoms with Crippen LogP contribution in [0, 0.1) is 0 Å². The maximum absolute atomic E-state index is 11.9. The molecule has 478 valence electrons. The van der Waals surface area contributed by atoms with Gasteiger partial charge in [0.15, 0.2) is 54.5 Å². The van der Waals surface area contributed by atoms with E-state index in [1.165, 1.54) is 6.92 Å². The Labute approximate surface area is 463 Å². The summed E-state index contributed by atoms with van der Waals surface area (Å²) < 4.78 is 67.4. The van der Waals surface area contributed by atoms with Crippen LogP contribution in [0.15, 0.2) is 34.9 Å². The van der Waals surface area contributed by atoms with Crippen LogP contribution in [0.5, 0.6) is 0 Å². The average molecular weight is 1210 g/mol. The van der Waals surface area contributed by atoms with Crippen LogP contribution in [-0.4, -0.2) is 352 Å². The van der Waals surface area contributed by atoms with Crippen molar-refractivity contribution in [3.05, 3.63) is 34.9 Å². The van der Waals surface area contributed by atoms with Crippen molar-refractivity contribution in [2.24, 2.45) is 0 Å². The summed E-state index contributed by atoms with van der Waals surface area (Å²) in [4.78, 5) is 0. The summed E-state index contributed by atoms with van der Waals surface area (Å²) in [5.41, 5.74) is 0. The number of rotatable bonds is 26. The quantitative estimate of drug-likeness (QED) is 0.0282. The first-order valence-corrected chi connectivity index (χ1v) is 25.3. The molecule has 82 heavy (non-hydrogen) atoms. The van der Waals surface area contributed by atoms with Crippen LogP contribution in [0.25, 0.3) is 0 Å². The third-order valence-electron chi connectivity index (χ3n) is 13.4. The van der Waals surface area contributed by atoms with Gasteiger partial charge in [-0.15, -0.1) is 0 Å². The maximum atomic E-state index is 11.9. The second kappa shape index (κ2) is 31.0. The largest absolute Gasteiger partial charge is 0.507 e.